The molecule has 0 bridgehead atoms. The van der Waals surface area contributed by atoms with Crippen LogP contribution in [0.25, 0.3) is 11.0 Å². The highest BCUT2D eigenvalue weighted by atomic mass is 32.2. The maximum Gasteiger partial charge on any atom is 0.287 e. The van der Waals surface area contributed by atoms with Gasteiger partial charge in [-0.1, -0.05) is 12.1 Å². The number of anilines is 1. The van der Waals surface area contributed by atoms with Crippen LogP contribution < -0.4 is 10.6 Å². The van der Waals surface area contributed by atoms with Crippen LogP contribution in [0.2, 0.25) is 0 Å². The van der Waals surface area contributed by atoms with Gasteiger partial charge in [-0.2, -0.15) is 11.8 Å². The van der Waals surface area contributed by atoms with Crippen molar-refractivity contribution >= 4 is 40.6 Å². The van der Waals surface area contributed by atoms with E-state index in [9.17, 15) is 9.59 Å². The summed E-state index contributed by atoms with van der Waals surface area (Å²) in [6, 6.07) is 9.99. The zero-order chi connectivity index (χ0) is 17.6. The summed E-state index contributed by atoms with van der Waals surface area (Å²) in [5.41, 5.74) is 1.59. The summed E-state index contributed by atoms with van der Waals surface area (Å²) in [4.78, 5) is 32.1. The average Bonchev–Trinajstić information content (AvgIpc) is 3.27. The van der Waals surface area contributed by atoms with Crippen molar-refractivity contribution in [2.24, 2.45) is 0 Å². The van der Waals surface area contributed by atoms with Gasteiger partial charge in [0.2, 0.25) is 11.9 Å². The van der Waals surface area contributed by atoms with E-state index >= 15 is 0 Å². The van der Waals surface area contributed by atoms with E-state index in [2.05, 4.69) is 20.6 Å². The van der Waals surface area contributed by atoms with Crippen LogP contribution in [0, 0.1) is 0 Å². The van der Waals surface area contributed by atoms with Gasteiger partial charge in [0.1, 0.15) is 6.04 Å². The molecule has 0 aliphatic carbocycles. The zero-order valence-electron chi connectivity index (χ0n) is 13.6. The number of thioether (sulfide) groups is 1. The first kappa shape index (κ1) is 17.1. The van der Waals surface area contributed by atoms with Crippen LogP contribution in [-0.4, -0.2) is 39.8 Å². The Bertz CT molecular complexity index is 827. The van der Waals surface area contributed by atoms with E-state index in [1.807, 2.05) is 30.5 Å². The molecule has 0 radical (unpaired) electrons. The summed E-state index contributed by atoms with van der Waals surface area (Å²) >= 11 is 1.60. The predicted molar refractivity (Wildman–Crippen MR) is 97.7 cm³/mol. The molecular weight excluding hydrogens is 340 g/mol. The molecule has 130 valence electrons. The lowest BCUT2D eigenvalue weighted by molar-refractivity contribution is -0.118. The number of nitrogens with zero attached hydrogens (tertiary/aromatic N) is 1. The number of furan rings is 1. The number of nitrogens with one attached hydrogen (secondary N) is 3. The number of fused-ring (bicyclic) bond motifs is 1. The second kappa shape index (κ2) is 7.89. The molecule has 2 heterocycles. The number of rotatable bonds is 7. The Balaban J connectivity index is 1.70. The first-order valence-electron chi connectivity index (χ1n) is 7.76. The van der Waals surface area contributed by atoms with E-state index < -0.39 is 11.9 Å². The lowest BCUT2D eigenvalue weighted by Gasteiger charge is -2.16. The maximum absolute atomic E-state index is 12.6. The summed E-state index contributed by atoms with van der Waals surface area (Å²) in [6.07, 6.45) is 3.86. The second-order valence-electron chi connectivity index (χ2n) is 5.38. The van der Waals surface area contributed by atoms with Gasteiger partial charge in [-0.25, -0.2) is 4.98 Å². The molecule has 0 saturated carbocycles. The van der Waals surface area contributed by atoms with E-state index in [0.717, 1.165) is 16.8 Å². The number of imidazole rings is 1. The van der Waals surface area contributed by atoms with Gasteiger partial charge in [0.05, 0.1) is 17.3 Å². The number of carbonyl (C=O) groups excluding carboxylic acids is 2. The van der Waals surface area contributed by atoms with Gasteiger partial charge in [-0.05, 0) is 42.7 Å². The van der Waals surface area contributed by atoms with Gasteiger partial charge in [-0.15, -0.1) is 0 Å². The summed E-state index contributed by atoms with van der Waals surface area (Å²) in [6.45, 7) is 0. The Morgan fingerprint density at radius 1 is 1.28 bits per heavy atom. The predicted octanol–water partition coefficient (Wildman–Crippen LogP) is 2.65. The maximum atomic E-state index is 12.6. The molecule has 3 aromatic rings. The molecular formula is C17H18N4O3S. The van der Waals surface area contributed by atoms with Crippen LogP contribution in [0.5, 0.6) is 0 Å². The number of hydrogen-bond acceptors (Lipinski definition) is 5. The van der Waals surface area contributed by atoms with Crippen molar-refractivity contribution in [1.82, 2.24) is 15.3 Å². The lowest BCUT2D eigenvalue weighted by atomic mass is 10.2. The first-order valence-corrected chi connectivity index (χ1v) is 9.15. The molecule has 0 fully saturated rings. The van der Waals surface area contributed by atoms with Crippen LogP contribution in [0.15, 0.2) is 47.1 Å². The number of aromatic nitrogens is 2. The third-order valence-electron chi connectivity index (χ3n) is 3.61. The number of para-hydroxylation sites is 2. The standard InChI is InChI=1S/C17H18N4O3S/c1-25-10-8-13(18-16(23)14-7-4-9-24-14)15(22)21-17-19-11-5-2-3-6-12(11)20-17/h2-7,9,13H,8,10H2,1H3,(H,18,23)(H2,19,20,21,22)/t13-/m1/s1. The van der Waals surface area contributed by atoms with Crippen molar-refractivity contribution in [3.05, 3.63) is 48.4 Å². The minimum Gasteiger partial charge on any atom is -0.459 e. The molecule has 0 spiro atoms. The SMILES string of the molecule is CSCC[C@@H](NC(=O)c1ccco1)C(=O)Nc1nc2ccccc2[nH]1. The Kier molecular flexibility index (Phi) is 5.39. The number of aromatic amines is 1. The highest BCUT2D eigenvalue weighted by Crippen LogP contribution is 2.14. The molecule has 1 atom stereocenters. The molecule has 0 unspecified atom stereocenters. The molecule has 2 amide bonds. The number of hydrogen-bond donors (Lipinski definition) is 3. The van der Waals surface area contributed by atoms with Crippen molar-refractivity contribution < 1.29 is 14.0 Å². The highest BCUT2D eigenvalue weighted by Gasteiger charge is 2.23. The van der Waals surface area contributed by atoms with E-state index in [0.29, 0.717) is 12.4 Å². The third kappa shape index (κ3) is 4.21. The van der Waals surface area contributed by atoms with Gasteiger partial charge in [0.25, 0.3) is 5.91 Å². The van der Waals surface area contributed by atoms with Gasteiger partial charge in [0, 0.05) is 0 Å². The summed E-state index contributed by atoms with van der Waals surface area (Å²) in [5.74, 6) is 0.513. The summed E-state index contributed by atoms with van der Waals surface area (Å²) in [5, 5.41) is 5.44. The lowest BCUT2D eigenvalue weighted by Crippen LogP contribution is -2.44. The molecule has 0 saturated heterocycles. The second-order valence-corrected chi connectivity index (χ2v) is 6.36. The summed E-state index contributed by atoms with van der Waals surface area (Å²) < 4.78 is 5.07. The fourth-order valence-electron chi connectivity index (χ4n) is 2.36. The van der Waals surface area contributed by atoms with Gasteiger partial charge < -0.3 is 14.7 Å². The Labute approximate surface area is 148 Å². The fraction of sp³-hybridized carbons (Fsp3) is 0.235. The molecule has 25 heavy (non-hydrogen) atoms. The van der Waals surface area contributed by atoms with Crippen molar-refractivity contribution in [3.8, 4) is 0 Å². The average molecular weight is 358 g/mol. The Hall–Kier alpha value is -2.74. The summed E-state index contributed by atoms with van der Waals surface area (Å²) in [7, 11) is 0. The van der Waals surface area contributed by atoms with Crippen LogP contribution in [0.3, 0.4) is 0 Å². The highest BCUT2D eigenvalue weighted by molar-refractivity contribution is 7.98. The fourth-order valence-corrected chi connectivity index (χ4v) is 2.83. The molecule has 0 aliphatic heterocycles. The molecule has 7 nitrogen and oxygen atoms in total. The van der Waals surface area contributed by atoms with Crippen LogP contribution >= 0.6 is 11.8 Å². The van der Waals surface area contributed by atoms with E-state index in [1.54, 1.807) is 23.9 Å². The molecule has 3 N–H and O–H groups in total. The number of benzene rings is 1. The smallest absolute Gasteiger partial charge is 0.287 e. The van der Waals surface area contributed by atoms with Crippen molar-refractivity contribution in [1.29, 1.82) is 0 Å². The number of amides is 2. The van der Waals surface area contributed by atoms with E-state index in [1.165, 1.54) is 6.26 Å². The topological polar surface area (TPSA) is 100 Å². The van der Waals surface area contributed by atoms with Crippen molar-refractivity contribution in [2.75, 3.05) is 17.3 Å². The third-order valence-corrected chi connectivity index (χ3v) is 4.25. The minimum atomic E-state index is -0.682. The monoisotopic (exact) mass is 358 g/mol. The van der Waals surface area contributed by atoms with Gasteiger partial charge in [0.15, 0.2) is 5.76 Å². The number of carbonyl (C=O) groups is 2. The molecule has 0 aliphatic rings. The van der Waals surface area contributed by atoms with Crippen LogP contribution in [0.1, 0.15) is 17.0 Å². The van der Waals surface area contributed by atoms with Gasteiger partial charge >= 0.3 is 0 Å². The molecule has 1 aromatic carbocycles. The van der Waals surface area contributed by atoms with Crippen molar-refractivity contribution in [2.45, 2.75) is 12.5 Å². The van der Waals surface area contributed by atoms with Crippen LogP contribution in [0.4, 0.5) is 5.95 Å². The first-order chi connectivity index (χ1) is 12.2. The molecule has 8 heteroatoms. The Morgan fingerprint density at radius 2 is 2.12 bits per heavy atom. The van der Waals surface area contributed by atoms with Crippen molar-refractivity contribution in [3.63, 3.8) is 0 Å². The minimum absolute atomic E-state index is 0.172. The largest absolute Gasteiger partial charge is 0.459 e. The molecule has 2 aromatic heterocycles. The Morgan fingerprint density at radius 3 is 2.84 bits per heavy atom. The number of H-pyrrole nitrogens is 1. The van der Waals surface area contributed by atoms with E-state index in [4.69, 9.17) is 4.42 Å². The van der Waals surface area contributed by atoms with E-state index in [-0.39, 0.29) is 11.7 Å². The quantitative estimate of drug-likeness (QED) is 0.603. The van der Waals surface area contributed by atoms with Gasteiger partial charge in [-0.3, -0.25) is 14.9 Å². The zero-order valence-corrected chi connectivity index (χ0v) is 14.4. The molecule has 3 rings (SSSR count). The normalized spacial score (nSPS) is 12.0. The van der Waals surface area contributed by atoms with Crippen LogP contribution in [-0.2, 0) is 4.79 Å².